The summed E-state index contributed by atoms with van der Waals surface area (Å²) in [5.41, 5.74) is 0.606. The Hall–Kier alpha value is -1.42. The van der Waals surface area contributed by atoms with Crippen LogP contribution in [0.25, 0.3) is 0 Å². The van der Waals surface area contributed by atoms with Gasteiger partial charge in [0.05, 0.1) is 10.6 Å². The molecule has 0 fully saturated rings. The smallest absolute Gasteiger partial charge is 0.339 e. The Morgan fingerprint density at radius 3 is 3.00 bits per heavy atom. The van der Waals surface area contributed by atoms with Gasteiger partial charge in [-0.3, -0.25) is 0 Å². The molecule has 0 aliphatic carbocycles. The minimum absolute atomic E-state index is 0.358. The predicted molar refractivity (Wildman–Crippen MR) is 55.5 cm³/mol. The normalized spacial score (nSPS) is 11.0. The molecule has 1 aromatic rings. The first-order valence-electron chi connectivity index (χ1n) is 3.74. The molecule has 3 nitrogen and oxygen atoms in total. The van der Waals surface area contributed by atoms with E-state index in [2.05, 4.69) is 16.9 Å². The lowest BCUT2D eigenvalue weighted by atomic mass is 10.3. The molecule has 0 bridgehead atoms. The molecule has 0 atom stereocenters. The summed E-state index contributed by atoms with van der Waals surface area (Å²) in [6.07, 6.45) is 1.57. The largest absolute Gasteiger partial charge is 0.341 e. The van der Waals surface area contributed by atoms with Crippen molar-refractivity contribution in [2.24, 2.45) is 4.99 Å². The lowest BCUT2D eigenvalue weighted by molar-refractivity contribution is 0.251. The molecule has 68 valence electrons. The van der Waals surface area contributed by atoms with Crippen LogP contribution in [0.15, 0.2) is 35.2 Å². The molecule has 4 heteroatoms. The van der Waals surface area contributed by atoms with Crippen molar-refractivity contribution in [2.45, 2.75) is 0 Å². The van der Waals surface area contributed by atoms with Crippen LogP contribution in [0.2, 0.25) is 0 Å². The number of nitrogens with one attached hydrogen (secondary N) is 1. The molecule has 1 N–H and O–H groups in total. The van der Waals surface area contributed by atoms with Crippen molar-refractivity contribution < 1.29 is 4.79 Å². The Labute approximate surface area is 80.8 Å². The van der Waals surface area contributed by atoms with Crippen molar-refractivity contribution in [2.75, 3.05) is 7.05 Å². The van der Waals surface area contributed by atoms with E-state index in [1.165, 1.54) is 11.3 Å². The number of hydrogen-bond donors (Lipinski definition) is 1. The molecule has 13 heavy (non-hydrogen) atoms. The molecule has 0 aliphatic rings. The lowest BCUT2D eigenvalue weighted by Crippen LogP contribution is -2.14. The number of rotatable bonds is 2. The van der Waals surface area contributed by atoms with Crippen LogP contribution in [0.4, 0.5) is 4.79 Å². The van der Waals surface area contributed by atoms with Crippen LogP contribution >= 0.6 is 11.3 Å². The predicted octanol–water partition coefficient (Wildman–Crippen LogP) is 2.06. The highest BCUT2D eigenvalue weighted by Crippen LogP contribution is 2.10. The Morgan fingerprint density at radius 1 is 1.77 bits per heavy atom. The van der Waals surface area contributed by atoms with Crippen LogP contribution in [-0.4, -0.2) is 18.8 Å². The summed E-state index contributed by atoms with van der Waals surface area (Å²) in [6.45, 7) is 3.60. The summed E-state index contributed by atoms with van der Waals surface area (Å²) < 4.78 is 0. The highest BCUT2D eigenvalue weighted by atomic mass is 32.1. The number of urea groups is 1. The topological polar surface area (TPSA) is 41.5 Å². The standard InChI is InChI=1S/C9H10N2OS/c1-3-7(11-9(12)10-2)8-5-4-6-13-8/h3-6H,1H2,2H3,(H,10,12)/b11-7+. The van der Waals surface area contributed by atoms with Crippen molar-refractivity contribution in [1.29, 1.82) is 0 Å². The molecule has 1 rings (SSSR count). The maximum atomic E-state index is 10.9. The molecular formula is C9H10N2OS. The number of hydrogen-bond acceptors (Lipinski definition) is 2. The first kappa shape index (κ1) is 9.67. The van der Waals surface area contributed by atoms with Gasteiger partial charge in [-0.15, -0.1) is 11.3 Å². The second-order valence-corrected chi connectivity index (χ2v) is 3.18. The van der Waals surface area contributed by atoms with E-state index >= 15 is 0 Å². The van der Waals surface area contributed by atoms with E-state index in [1.54, 1.807) is 13.1 Å². The number of allylic oxidation sites excluding steroid dienone is 1. The Bertz CT molecular complexity index is 327. The number of carbonyl (C=O) groups excluding carboxylic acids is 1. The summed E-state index contributed by atoms with van der Waals surface area (Å²) in [5, 5.41) is 4.35. The Kier molecular flexibility index (Phi) is 3.40. The van der Waals surface area contributed by atoms with Crippen molar-refractivity contribution >= 4 is 23.1 Å². The summed E-state index contributed by atoms with van der Waals surface area (Å²) in [6, 6.07) is 3.44. The highest BCUT2D eigenvalue weighted by Gasteiger charge is 2.01. The van der Waals surface area contributed by atoms with Gasteiger partial charge < -0.3 is 5.32 Å². The monoisotopic (exact) mass is 194 g/mol. The summed E-state index contributed by atoms with van der Waals surface area (Å²) in [5.74, 6) is 0. The quantitative estimate of drug-likeness (QED) is 0.719. The fourth-order valence-corrected chi connectivity index (χ4v) is 1.50. The Balaban J connectivity index is 2.92. The maximum Gasteiger partial charge on any atom is 0.341 e. The van der Waals surface area contributed by atoms with E-state index in [4.69, 9.17) is 0 Å². The average molecular weight is 194 g/mol. The van der Waals surface area contributed by atoms with E-state index in [0.29, 0.717) is 5.71 Å². The van der Waals surface area contributed by atoms with Crippen LogP contribution in [0.5, 0.6) is 0 Å². The van der Waals surface area contributed by atoms with Gasteiger partial charge in [-0.1, -0.05) is 12.6 Å². The van der Waals surface area contributed by atoms with Crippen molar-refractivity contribution in [3.05, 3.63) is 35.0 Å². The number of aliphatic imine (C=N–C) groups is 1. The second-order valence-electron chi connectivity index (χ2n) is 2.23. The minimum atomic E-state index is -0.358. The zero-order valence-electron chi connectivity index (χ0n) is 7.28. The van der Waals surface area contributed by atoms with Crippen molar-refractivity contribution in [3.8, 4) is 0 Å². The summed E-state index contributed by atoms with van der Waals surface area (Å²) >= 11 is 1.53. The van der Waals surface area contributed by atoms with Crippen LogP contribution in [-0.2, 0) is 0 Å². The summed E-state index contributed by atoms with van der Waals surface area (Å²) in [4.78, 5) is 15.7. The van der Waals surface area contributed by atoms with Gasteiger partial charge in [-0.05, 0) is 17.5 Å². The van der Waals surface area contributed by atoms with Gasteiger partial charge in [0.2, 0.25) is 0 Å². The highest BCUT2D eigenvalue weighted by molar-refractivity contribution is 7.12. The molecule has 0 saturated heterocycles. The minimum Gasteiger partial charge on any atom is -0.339 e. The van der Waals surface area contributed by atoms with Gasteiger partial charge in [0.1, 0.15) is 0 Å². The third kappa shape index (κ3) is 2.52. The van der Waals surface area contributed by atoms with Crippen LogP contribution in [0.1, 0.15) is 4.88 Å². The fourth-order valence-electron chi connectivity index (χ4n) is 0.791. The zero-order chi connectivity index (χ0) is 9.68. The van der Waals surface area contributed by atoms with E-state index in [9.17, 15) is 4.79 Å². The van der Waals surface area contributed by atoms with E-state index in [1.807, 2.05) is 17.5 Å². The molecule has 0 saturated carbocycles. The fraction of sp³-hybridized carbons (Fsp3) is 0.111. The SMILES string of the molecule is C=C/C(=N\C(=O)NC)c1cccs1. The van der Waals surface area contributed by atoms with Crippen molar-refractivity contribution in [3.63, 3.8) is 0 Å². The van der Waals surface area contributed by atoms with Gasteiger partial charge >= 0.3 is 6.03 Å². The van der Waals surface area contributed by atoms with Gasteiger partial charge in [0, 0.05) is 7.05 Å². The van der Waals surface area contributed by atoms with Crippen LogP contribution < -0.4 is 5.32 Å². The number of amides is 2. The average Bonchev–Trinajstić information content (AvgIpc) is 2.66. The van der Waals surface area contributed by atoms with Crippen molar-refractivity contribution in [1.82, 2.24) is 5.32 Å². The van der Waals surface area contributed by atoms with E-state index in [-0.39, 0.29) is 6.03 Å². The van der Waals surface area contributed by atoms with E-state index in [0.717, 1.165) is 4.88 Å². The molecule has 0 aromatic carbocycles. The first-order chi connectivity index (χ1) is 6.27. The first-order valence-corrected chi connectivity index (χ1v) is 4.62. The molecule has 0 spiro atoms. The zero-order valence-corrected chi connectivity index (χ0v) is 8.10. The molecule has 1 aromatic heterocycles. The molecule has 1 heterocycles. The molecule has 0 unspecified atom stereocenters. The maximum absolute atomic E-state index is 10.9. The third-order valence-electron chi connectivity index (χ3n) is 1.40. The van der Waals surface area contributed by atoms with Gasteiger partial charge in [0.25, 0.3) is 0 Å². The molecular weight excluding hydrogens is 184 g/mol. The van der Waals surface area contributed by atoms with Crippen LogP contribution in [0, 0.1) is 0 Å². The molecule has 2 amide bonds. The van der Waals surface area contributed by atoms with Crippen LogP contribution in [0.3, 0.4) is 0 Å². The van der Waals surface area contributed by atoms with Gasteiger partial charge in [-0.2, -0.15) is 4.99 Å². The lowest BCUT2D eigenvalue weighted by Gasteiger charge is -1.95. The molecule has 0 aliphatic heterocycles. The third-order valence-corrected chi connectivity index (χ3v) is 2.30. The Morgan fingerprint density at radius 2 is 2.54 bits per heavy atom. The van der Waals surface area contributed by atoms with E-state index < -0.39 is 0 Å². The molecule has 0 radical (unpaired) electrons. The number of thiophene rings is 1. The summed E-state index contributed by atoms with van der Waals surface area (Å²) in [7, 11) is 1.54. The van der Waals surface area contributed by atoms with Gasteiger partial charge in [-0.25, -0.2) is 4.79 Å². The van der Waals surface area contributed by atoms with Gasteiger partial charge in [0.15, 0.2) is 0 Å². The second kappa shape index (κ2) is 4.57. The number of carbonyl (C=O) groups is 1. The number of nitrogens with zero attached hydrogens (tertiary/aromatic N) is 1.